The van der Waals surface area contributed by atoms with Gasteiger partial charge in [0.05, 0.1) is 18.4 Å². The van der Waals surface area contributed by atoms with Crippen LogP contribution in [0.25, 0.3) is 0 Å². The molecule has 1 N–H and O–H groups in total. The van der Waals surface area contributed by atoms with E-state index in [0.717, 1.165) is 23.8 Å². The van der Waals surface area contributed by atoms with Crippen molar-refractivity contribution in [2.24, 2.45) is 5.92 Å². The average molecular weight is 272 g/mol. The Morgan fingerprint density at radius 3 is 2.70 bits per heavy atom. The number of nitrogens with one attached hydrogen (secondary N) is 1. The van der Waals surface area contributed by atoms with E-state index in [4.69, 9.17) is 4.74 Å². The molecule has 0 amide bonds. The van der Waals surface area contributed by atoms with E-state index in [1.165, 1.54) is 32.1 Å². The third-order valence-corrected chi connectivity index (χ3v) is 4.35. The third-order valence-electron chi connectivity index (χ3n) is 4.35. The molecule has 0 aromatic heterocycles. The number of methoxy groups -OCH3 is 1. The summed E-state index contributed by atoms with van der Waals surface area (Å²) in [5.74, 6) is 1.52. The van der Waals surface area contributed by atoms with Crippen molar-refractivity contribution in [1.82, 2.24) is 0 Å². The molecule has 1 atom stereocenters. The van der Waals surface area contributed by atoms with Gasteiger partial charge in [-0.2, -0.15) is 5.26 Å². The zero-order chi connectivity index (χ0) is 14.4. The maximum Gasteiger partial charge on any atom is 0.121 e. The zero-order valence-electron chi connectivity index (χ0n) is 12.5. The van der Waals surface area contributed by atoms with Gasteiger partial charge in [-0.1, -0.05) is 26.2 Å². The normalized spacial score (nSPS) is 17.2. The summed E-state index contributed by atoms with van der Waals surface area (Å²) < 4.78 is 5.27. The summed E-state index contributed by atoms with van der Waals surface area (Å²) in [7, 11) is 1.66. The minimum atomic E-state index is 0.453. The van der Waals surface area contributed by atoms with Crippen LogP contribution in [0.15, 0.2) is 18.2 Å². The summed E-state index contributed by atoms with van der Waals surface area (Å²) in [4.78, 5) is 0. The first-order chi connectivity index (χ1) is 9.78. The lowest BCUT2D eigenvalue weighted by Crippen LogP contribution is -2.30. The predicted octanol–water partition coefficient (Wildman–Crippen LogP) is 4.34. The molecule has 3 heteroatoms. The third kappa shape index (κ3) is 3.45. The van der Waals surface area contributed by atoms with Gasteiger partial charge in [-0.25, -0.2) is 0 Å². The summed E-state index contributed by atoms with van der Waals surface area (Å²) >= 11 is 0. The van der Waals surface area contributed by atoms with Crippen molar-refractivity contribution in [3.63, 3.8) is 0 Å². The highest BCUT2D eigenvalue weighted by atomic mass is 16.5. The first kappa shape index (κ1) is 14.7. The molecule has 2 rings (SSSR count). The second kappa shape index (κ2) is 7.19. The SMILES string of the molecule is CCC(Nc1cc(OC)ccc1C#N)C1CCCCC1. The van der Waals surface area contributed by atoms with Crippen LogP contribution in [-0.2, 0) is 0 Å². The molecule has 1 aromatic carbocycles. The lowest BCUT2D eigenvalue weighted by atomic mass is 9.83. The number of nitrogens with zero attached hydrogens (tertiary/aromatic N) is 1. The summed E-state index contributed by atoms with van der Waals surface area (Å²) in [6, 6.07) is 8.32. The smallest absolute Gasteiger partial charge is 0.121 e. The van der Waals surface area contributed by atoms with Crippen LogP contribution in [0.1, 0.15) is 51.0 Å². The highest BCUT2D eigenvalue weighted by molar-refractivity contribution is 5.60. The molecule has 0 radical (unpaired) electrons. The molecule has 0 saturated heterocycles. The zero-order valence-corrected chi connectivity index (χ0v) is 12.5. The molecule has 1 aliphatic carbocycles. The Labute approximate surface area is 121 Å². The lowest BCUT2D eigenvalue weighted by molar-refractivity contribution is 0.313. The molecular weight excluding hydrogens is 248 g/mol. The van der Waals surface area contributed by atoms with Crippen LogP contribution < -0.4 is 10.1 Å². The number of nitriles is 1. The Morgan fingerprint density at radius 1 is 1.35 bits per heavy atom. The van der Waals surface area contributed by atoms with Gasteiger partial charge in [-0.05, 0) is 37.3 Å². The molecule has 1 aromatic rings. The molecule has 0 spiro atoms. The monoisotopic (exact) mass is 272 g/mol. The van der Waals surface area contributed by atoms with E-state index in [0.29, 0.717) is 11.6 Å². The largest absolute Gasteiger partial charge is 0.497 e. The van der Waals surface area contributed by atoms with Crippen LogP contribution >= 0.6 is 0 Å². The second-order valence-corrected chi connectivity index (χ2v) is 5.58. The van der Waals surface area contributed by atoms with Crippen LogP contribution in [0, 0.1) is 17.2 Å². The van der Waals surface area contributed by atoms with Crippen molar-refractivity contribution in [2.75, 3.05) is 12.4 Å². The topological polar surface area (TPSA) is 45.0 Å². The van der Waals surface area contributed by atoms with Gasteiger partial charge in [-0.3, -0.25) is 0 Å². The van der Waals surface area contributed by atoms with Gasteiger partial charge in [0.2, 0.25) is 0 Å². The summed E-state index contributed by atoms with van der Waals surface area (Å²) in [6.45, 7) is 2.22. The molecule has 20 heavy (non-hydrogen) atoms. The number of anilines is 1. The van der Waals surface area contributed by atoms with E-state index in [1.807, 2.05) is 18.2 Å². The molecule has 0 bridgehead atoms. The van der Waals surface area contributed by atoms with Gasteiger partial charge in [-0.15, -0.1) is 0 Å². The molecule has 0 aliphatic heterocycles. The molecular formula is C17H24N2O. The molecule has 1 unspecified atom stereocenters. The van der Waals surface area contributed by atoms with E-state index in [-0.39, 0.29) is 0 Å². The van der Waals surface area contributed by atoms with Crippen molar-refractivity contribution < 1.29 is 4.74 Å². The van der Waals surface area contributed by atoms with Gasteiger partial charge in [0.15, 0.2) is 0 Å². The van der Waals surface area contributed by atoms with Gasteiger partial charge < -0.3 is 10.1 Å². The predicted molar refractivity (Wildman–Crippen MR) is 82.0 cm³/mol. The van der Waals surface area contributed by atoms with Crippen molar-refractivity contribution in [3.8, 4) is 11.8 Å². The fourth-order valence-electron chi connectivity index (χ4n) is 3.16. The lowest BCUT2D eigenvalue weighted by Gasteiger charge is -2.31. The summed E-state index contributed by atoms with van der Waals surface area (Å²) in [6.07, 6.45) is 7.75. The molecule has 0 heterocycles. The van der Waals surface area contributed by atoms with E-state index in [1.54, 1.807) is 7.11 Å². The fraction of sp³-hybridized carbons (Fsp3) is 0.588. The highest BCUT2D eigenvalue weighted by Crippen LogP contribution is 2.31. The number of hydrogen-bond donors (Lipinski definition) is 1. The summed E-state index contributed by atoms with van der Waals surface area (Å²) in [5.41, 5.74) is 1.60. The van der Waals surface area contributed by atoms with Gasteiger partial charge in [0.1, 0.15) is 11.8 Å². The van der Waals surface area contributed by atoms with Crippen LogP contribution in [0.4, 0.5) is 5.69 Å². The fourth-order valence-corrected chi connectivity index (χ4v) is 3.16. The molecule has 3 nitrogen and oxygen atoms in total. The Bertz CT molecular complexity index is 472. The van der Waals surface area contributed by atoms with Gasteiger partial charge >= 0.3 is 0 Å². The Balaban J connectivity index is 2.15. The second-order valence-electron chi connectivity index (χ2n) is 5.58. The standard InChI is InChI=1S/C17H24N2O/c1-3-16(13-7-5-4-6-8-13)19-17-11-15(20-2)10-9-14(17)12-18/h9-11,13,16,19H,3-8H2,1-2H3. The van der Waals surface area contributed by atoms with Gasteiger partial charge in [0.25, 0.3) is 0 Å². The Kier molecular flexibility index (Phi) is 5.29. The number of rotatable bonds is 5. The van der Waals surface area contributed by atoms with E-state index in [9.17, 15) is 5.26 Å². The van der Waals surface area contributed by atoms with E-state index >= 15 is 0 Å². The van der Waals surface area contributed by atoms with Crippen molar-refractivity contribution in [2.45, 2.75) is 51.5 Å². The number of ether oxygens (including phenoxy) is 1. The summed E-state index contributed by atoms with van der Waals surface area (Å²) in [5, 5.41) is 12.8. The van der Waals surface area contributed by atoms with E-state index in [2.05, 4.69) is 18.3 Å². The molecule has 108 valence electrons. The van der Waals surface area contributed by atoms with Crippen molar-refractivity contribution in [1.29, 1.82) is 5.26 Å². The van der Waals surface area contributed by atoms with Crippen LogP contribution in [0.5, 0.6) is 5.75 Å². The maximum atomic E-state index is 9.25. The quantitative estimate of drug-likeness (QED) is 0.867. The minimum absolute atomic E-state index is 0.453. The first-order valence-electron chi connectivity index (χ1n) is 7.63. The Hall–Kier alpha value is -1.69. The van der Waals surface area contributed by atoms with E-state index < -0.39 is 0 Å². The maximum absolute atomic E-state index is 9.25. The molecule has 1 saturated carbocycles. The minimum Gasteiger partial charge on any atom is -0.497 e. The number of hydrogen-bond acceptors (Lipinski definition) is 3. The van der Waals surface area contributed by atoms with Crippen LogP contribution in [0.2, 0.25) is 0 Å². The van der Waals surface area contributed by atoms with Crippen LogP contribution in [0.3, 0.4) is 0 Å². The van der Waals surface area contributed by atoms with Gasteiger partial charge in [0, 0.05) is 12.1 Å². The van der Waals surface area contributed by atoms with Crippen molar-refractivity contribution >= 4 is 5.69 Å². The number of benzene rings is 1. The highest BCUT2D eigenvalue weighted by Gasteiger charge is 2.22. The van der Waals surface area contributed by atoms with Crippen molar-refractivity contribution in [3.05, 3.63) is 23.8 Å². The Morgan fingerprint density at radius 2 is 2.10 bits per heavy atom. The molecule has 1 aliphatic rings. The average Bonchev–Trinajstić information content (AvgIpc) is 2.53. The first-order valence-corrected chi connectivity index (χ1v) is 7.63. The molecule has 1 fully saturated rings. The van der Waals surface area contributed by atoms with Crippen LogP contribution in [-0.4, -0.2) is 13.2 Å².